The molecule has 0 unspecified atom stereocenters. The molecule has 0 amide bonds. The molecule has 0 N–H and O–H groups in total. The second-order valence-electron chi connectivity index (χ2n) is 0. The van der Waals surface area contributed by atoms with Gasteiger partial charge in [0.25, 0.3) is 0 Å². The van der Waals surface area contributed by atoms with Crippen molar-refractivity contribution in [1.29, 1.82) is 0 Å². The van der Waals surface area contributed by atoms with Crippen molar-refractivity contribution in [2.24, 2.45) is 0 Å². The van der Waals surface area contributed by atoms with Gasteiger partial charge in [-0.05, 0) is 11.0 Å². The van der Waals surface area contributed by atoms with Gasteiger partial charge in [0.1, 0.15) is 0 Å². The molecule has 0 saturated heterocycles. The second-order valence-corrected chi connectivity index (χ2v) is 0. The summed E-state index contributed by atoms with van der Waals surface area (Å²) in [4.78, 5) is 0. The monoisotopic (exact) mass is 484 g/mol. The van der Waals surface area contributed by atoms with Crippen LogP contribution < -0.4 is 0 Å². The van der Waals surface area contributed by atoms with Gasteiger partial charge >= 0.3 is 49.9 Å². The molecule has 0 rings (SSSR count). The zero-order valence-corrected chi connectivity index (χ0v) is 13.2. The molecule has 6 heavy (non-hydrogen) atoms. The Labute approximate surface area is 104 Å². The molecule has 0 aromatic rings. The van der Waals surface area contributed by atoms with Crippen molar-refractivity contribution in [3.05, 3.63) is 0 Å². The van der Waals surface area contributed by atoms with E-state index in [4.69, 9.17) is 0 Å². The number of hydrogen-bond donors (Lipinski definition) is 0. The van der Waals surface area contributed by atoms with E-state index in [1.54, 1.807) is 0 Å². The van der Waals surface area contributed by atoms with Gasteiger partial charge in [-0.1, -0.05) is 0 Å². The summed E-state index contributed by atoms with van der Waals surface area (Å²) in [6, 6.07) is 0. The topological polar surface area (TPSA) is 0 Å². The largest absolute Gasteiger partial charge is 0 e. The van der Waals surface area contributed by atoms with E-state index in [0.29, 0.717) is 0 Å². The molecule has 0 bridgehead atoms. The fraction of sp³-hybridized carbons (Fsp3) is 0. The molecule has 0 aliphatic rings. The summed E-state index contributed by atoms with van der Waals surface area (Å²) in [7, 11) is 0. The first kappa shape index (κ1) is 61.9. The number of rotatable bonds is 0. The van der Waals surface area contributed by atoms with Gasteiger partial charge in [-0.25, -0.2) is 0 Å². The molecule has 0 aromatic carbocycles. The van der Waals surface area contributed by atoms with Crippen molar-refractivity contribution < 1.29 is 19.5 Å². The third kappa shape index (κ3) is 27.4. The van der Waals surface area contributed by atoms with E-state index in [-0.39, 0.29) is 106 Å². The Morgan fingerprint density at radius 3 is 1.00 bits per heavy atom. The Morgan fingerprint density at radius 2 is 1.00 bits per heavy atom. The van der Waals surface area contributed by atoms with Crippen molar-refractivity contribution in [3.8, 4) is 0 Å². The van der Waals surface area contributed by atoms with Gasteiger partial charge in [-0.3, -0.25) is 0 Å². The van der Waals surface area contributed by atoms with E-state index >= 15 is 0 Å². The molecule has 0 aromatic heterocycles. The summed E-state index contributed by atoms with van der Waals surface area (Å²) in [6.07, 6.45) is 0. The van der Waals surface area contributed by atoms with Crippen molar-refractivity contribution in [2.45, 2.75) is 0 Å². The van der Waals surface area contributed by atoms with Gasteiger partial charge in [-0.2, -0.15) is 0 Å². The van der Waals surface area contributed by atoms with Crippen molar-refractivity contribution in [1.82, 2.24) is 0 Å². The smallest absolute Gasteiger partial charge is 0 e. The zero-order chi connectivity index (χ0) is 0. The molecular formula is H15AlBBiSiTeZn. The number of hydrogen-bond acceptors (Lipinski definition) is 0. The molecule has 38 valence electrons. The Kier molecular flexibility index (Phi) is 438. The fourth-order valence-electron chi connectivity index (χ4n) is 0. The van der Waals surface area contributed by atoms with Crippen molar-refractivity contribution in [3.63, 3.8) is 0 Å². The molecule has 0 aliphatic carbocycles. The maximum atomic E-state index is 0. The maximum Gasteiger partial charge on any atom is 0 e. The molecule has 0 nitrogen and oxygen atoms in total. The van der Waals surface area contributed by atoms with Gasteiger partial charge in [0.2, 0.25) is 0 Å². The predicted molar refractivity (Wildman–Crippen MR) is 49.7 cm³/mol. The molecule has 0 atom stereocenters. The summed E-state index contributed by atoms with van der Waals surface area (Å²) in [5.41, 5.74) is 0. The van der Waals surface area contributed by atoms with Crippen LogP contribution in [0.5, 0.6) is 0 Å². The van der Waals surface area contributed by atoms with Gasteiger partial charge < -0.3 is 0 Å². The van der Waals surface area contributed by atoms with Crippen LogP contribution in [-0.2, 0) is 19.5 Å². The third-order valence-corrected chi connectivity index (χ3v) is 0. The zero-order valence-electron chi connectivity index (χ0n) is 1.91. The fourth-order valence-corrected chi connectivity index (χ4v) is 0. The van der Waals surface area contributed by atoms with Gasteiger partial charge in [0.05, 0.1) is 8.41 Å². The molecule has 0 fully saturated rings. The quantitative estimate of drug-likeness (QED) is 0.302. The van der Waals surface area contributed by atoms with Crippen molar-refractivity contribution in [2.75, 3.05) is 0 Å². The third-order valence-electron chi connectivity index (χ3n) is 0. The van der Waals surface area contributed by atoms with Crippen LogP contribution >= 0.6 is 0 Å². The van der Waals surface area contributed by atoms with Crippen LogP contribution in [0.2, 0.25) is 0 Å². The van der Waals surface area contributed by atoms with Crippen LogP contribution in [0.1, 0.15) is 0 Å². The summed E-state index contributed by atoms with van der Waals surface area (Å²) in [5.74, 6) is 0. The van der Waals surface area contributed by atoms with Crippen LogP contribution in [0.3, 0.4) is 0 Å². The van der Waals surface area contributed by atoms with Crippen LogP contribution in [0.25, 0.3) is 0 Å². The van der Waals surface area contributed by atoms with E-state index in [9.17, 15) is 0 Å². The van der Waals surface area contributed by atoms with E-state index in [1.807, 2.05) is 0 Å². The first-order chi connectivity index (χ1) is 0. The van der Waals surface area contributed by atoms with Gasteiger partial charge in [0, 0.05) is 19.5 Å². The van der Waals surface area contributed by atoms with Gasteiger partial charge in [-0.15, -0.1) is 0 Å². The summed E-state index contributed by atoms with van der Waals surface area (Å²) in [6.45, 7) is 0. The van der Waals surface area contributed by atoms with Crippen LogP contribution in [0.4, 0.5) is 0 Å². The molecule has 0 spiro atoms. The first-order valence-corrected chi connectivity index (χ1v) is 0. The Morgan fingerprint density at radius 1 is 1.00 bits per heavy atom. The van der Waals surface area contributed by atoms with Crippen LogP contribution in [0, 0.1) is 0 Å². The van der Waals surface area contributed by atoms with Crippen LogP contribution in [-0.4, -0.2) is 86.6 Å². The molecule has 0 radical (unpaired) electrons. The standard InChI is InChI=1S/Al.BH3.Bi.H4Si.H2Te.Zn.6H/h;1H3;;1H4;1H2;;;;;;;. The first-order valence-electron chi connectivity index (χ1n) is 0. The normalized spacial score (nSPS) is 0. The second kappa shape index (κ2) is 42.4. The molecule has 6 heteroatoms. The molecular weight excluding hydrogens is 468 g/mol. The van der Waals surface area contributed by atoms with E-state index in [1.165, 1.54) is 0 Å². The molecule has 0 heterocycles. The minimum atomic E-state index is 0. The Bertz CT molecular complexity index is 15.5. The van der Waals surface area contributed by atoms with E-state index in [2.05, 4.69) is 0 Å². The Balaban J connectivity index is 0. The maximum absolute atomic E-state index is 0. The summed E-state index contributed by atoms with van der Waals surface area (Å²) in [5, 5.41) is 0. The summed E-state index contributed by atoms with van der Waals surface area (Å²) >= 11 is 0. The molecule has 0 aliphatic heterocycles. The van der Waals surface area contributed by atoms with Crippen LogP contribution in [0.15, 0.2) is 0 Å². The average Bonchev–Trinajstić information content (AvgIpc) is 0. The van der Waals surface area contributed by atoms with Gasteiger partial charge in [0.15, 0.2) is 17.4 Å². The Hall–Kier alpha value is 3.11. The molecule has 0 saturated carbocycles. The predicted octanol–water partition coefficient (Wildman–Crippen LogP) is -5.92. The minimum Gasteiger partial charge on any atom is 0 e. The van der Waals surface area contributed by atoms with Crippen molar-refractivity contribution >= 4 is 86.6 Å². The summed E-state index contributed by atoms with van der Waals surface area (Å²) < 4.78 is 0. The minimum absolute atomic E-state index is 0. The SMILES string of the molecule is B.[AlH3].[BiH3].[SiH4].[TeH2].[Zn]. The van der Waals surface area contributed by atoms with E-state index < -0.39 is 0 Å². The van der Waals surface area contributed by atoms with E-state index in [0.717, 1.165) is 0 Å². The average molecular weight is 483 g/mol.